The average molecular weight is 473 g/mol. The average Bonchev–Trinajstić information content (AvgIpc) is 3.30. The number of amides is 1. The Morgan fingerprint density at radius 3 is 2.59 bits per heavy atom. The van der Waals surface area contributed by atoms with Crippen LogP contribution in [-0.2, 0) is 14.2 Å². The maximum atomic E-state index is 12.6. The van der Waals surface area contributed by atoms with Gasteiger partial charge in [-0.05, 0) is 43.7 Å². The van der Waals surface area contributed by atoms with Crippen LogP contribution < -0.4 is 20.1 Å². The molecule has 0 saturated carbocycles. The number of rotatable bonds is 9. The highest BCUT2D eigenvalue weighted by Crippen LogP contribution is 2.43. The predicted octanol–water partition coefficient (Wildman–Crippen LogP) is 2.00. The van der Waals surface area contributed by atoms with Crippen LogP contribution in [0.3, 0.4) is 0 Å². The van der Waals surface area contributed by atoms with Crippen molar-refractivity contribution in [3.63, 3.8) is 0 Å². The summed E-state index contributed by atoms with van der Waals surface area (Å²) in [6, 6.07) is 14.2. The SMILES string of the molecule is COc1ccc(C(O)NC[C@H]2OC[C@]3(CNC(=O)c4ccccc4)OC(C)(C)O[C@H]23)cc1OC. The Balaban J connectivity index is 1.40. The highest BCUT2D eigenvalue weighted by molar-refractivity contribution is 5.94. The van der Waals surface area contributed by atoms with E-state index in [1.807, 2.05) is 32.0 Å². The number of carbonyl (C=O) groups excluding carboxylic acids is 1. The van der Waals surface area contributed by atoms with Crippen molar-refractivity contribution >= 4 is 5.91 Å². The van der Waals surface area contributed by atoms with Gasteiger partial charge in [-0.2, -0.15) is 0 Å². The molecule has 2 aliphatic rings. The Morgan fingerprint density at radius 1 is 1.15 bits per heavy atom. The minimum atomic E-state index is -0.952. The van der Waals surface area contributed by atoms with E-state index in [-0.39, 0.29) is 25.2 Å². The van der Waals surface area contributed by atoms with E-state index in [1.54, 1.807) is 44.6 Å². The van der Waals surface area contributed by atoms with E-state index in [2.05, 4.69) is 10.6 Å². The summed E-state index contributed by atoms with van der Waals surface area (Å²) in [5.74, 6) is 0.0955. The molecule has 0 bridgehead atoms. The molecular weight excluding hydrogens is 440 g/mol. The predicted molar refractivity (Wildman–Crippen MR) is 124 cm³/mol. The number of aliphatic hydroxyl groups is 1. The van der Waals surface area contributed by atoms with E-state index in [0.29, 0.717) is 29.2 Å². The molecule has 2 aromatic rings. The standard InChI is InChI=1S/C25H32N2O7/c1-24(2)33-21-20(13-26-23(29)17-10-11-18(30-3)19(12-17)31-4)32-15-25(21,34-24)14-27-22(28)16-8-6-5-7-9-16/h5-12,20-21,23,26,29H,13-15H2,1-4H3,(H,27,28)/t20-,21-,23?,25+/m1/s1. The summed E-state index contributed by atoms with van der Waals surface area (Å²) in [6.45, 7) is 4.50. The minimum Gasteiger partial charge on any atom is -0.493 e. The molecular formula is C25H32N2O7. The molecule has 0 radical (unpaired) electrons. The fourth-order valence-corrected chi connectivity index (χ4v) is 4.49. The van der Waals surface area contributed by atoms with Gasteiger partial charge in [-0.1, -0.05) is 24.3 Å². The zero-order valence-electron chi connectivity index (χ0n) is 19.9. The molecule has 0 aliphatic carbocycles. The van der Waals surface area contributed by atoms with E-state index in [4.69, 9.17) is 23.7 Å². The second kappa shape index (κ2) is 9.89. The number of hydrogen-bond donors (Lipinski definition) is 3. The highest BCUT2D eigenvalue weighted by atomic mass is 16.8. The van der Waals surface area contributed by atoms with Crippen molar-refractivity contribution in [2.75, 3.05) is 33.9 Å². The number of fused-ring (bicyclic) bond motifs is 1. The fraction of sp³-hybridized carbons (Fsp3) is 0.480. The van der Waals surface area contributed by atoms with E-state index >= 15 is 0 Å². The van der Waals surface area contributed by atoms with Gasteiger partial charge in [-0.25, -0.2) is 0 Å². The number of carbonyl (C=O) groups is 1. The van der Waals surface area contributed by atoms with Gasteiger partial charge in [0.25, 0.3) is 5.91 Å². The van der Waals surface area contributed by atoms with Gasteiger partial charge in [0.1, 0.15) is 17.9 Å². The Kier molecular flexibility index (Phi) is 7.11. The van der Waals surface area contributed by atoms with Crippen molar-refractivity contribution in [1.82, 2.24) is 10.6 Å². The fourth-order valence-electron chi connectivity index (χ4n) is 4.49. The molecule has 3 N–H and O–H groups in total. The van der Waals surface area contributed by atoms with Gasteiger partial charge in [-0.3, -0.25) is 10.1 Å². The van der Waals surface area contributed by atoms with Gasteiger partial charge in [0.15, 0.2) is 17.3 Å². The number of methoxy groups -OCH3 is 2. The van der Waals surface area contributed by atoms with E-state index in [0.717, 1.165) is 0 Å². The lowest BCUT2D eigenvalue weighted by atomic mass is 9.96. The van der Waals surface area contributed by atoms with Crippen LogP contribution >= 0.6 is 0 Å². The first-order chi connectivity index (χ1) is 16.3. The molecule has 9 heteroatoms. The van der Waals surface area contributed by atoms with Crippen molar-refractivity contribution in [3.05, 3.63) is 59.7 Å². The number of aliphatic hydroxyl groups excluding tert-OH is 1. The lowest BCUT2D eigenvalue weighted by Crippen LogP contribution is -2.52. The molecule has 1 amide bonds. The van der Waals surface area contributed by atoms with Gasteiger partial charge >= 0.3 is 0 Å². The number of hydrogen-bond acceptors (Lipinski definition) is 8. The number of nitrogens with one attached hydrogen (secondary N) is 2. The lowest BCUT2D eigenvalue weighted by Gasteiger charge is -2.27. The smallest absolute Gasteiger partial charge is 0.251 e. The lowest BCUT2D eigenvalue weighted by molar-refractivity contribution is -0.189. The molecule has 2 fully saturated rings. The van der Waals surface area contributed by atoms with Crippen LogP contribution in [0.4, 0.5) is 0 Å². The van der Waals surface area contributed by atoms with Crippen molar-refractivity contribution < 1.29 is 33.6 Å². The van der Waals surface area contributed by atoms with Crippen molar-refractivity contribution in [1.29, 1.82) is 0 Å². The molecule has 0 aromatic heterocycles. The van der Waals surface area contributed by atoms with Gasteiger partial charge in [0.05, 0.1) is 33.5 Å². The third-order valence-electron chi connectivity index (χ3n) is 6.08. The number of benzene rings is 2. The Bertz CT molecular complexity index is 1000. The van der Waals surface area contributed by atoms with Crippen molar-refractivity contribution in [3.8, 4) is 11.5 Å². The molecule has 4 rings (SSSR count). The Labute approximate surface area is 199 Å². The first-order valence-electron chi connectivity index (χ1n) is 11.2. The maximum absolute atomic E-state index is 12.6. The first kappa shape index (κ1) is 24.4. The second-order valence-corrected chi connectivity index (χ2v) is 8.93. The Hall–Kier alpha value is -2.69. The molecule has 184 valence electrons. The summed E-state index contributed by atoms with van der Waals surface area (Å²) in [5, 5.41) is 16.7. The largest absolute Gasteiger partial charge is 0.493 e. The molecule has 2 saturated heterocycles. The molecule has 2 aliphatic heterocycles. The zero-order valence-corrected chi connectivity index (χ0v) is 19.9. The quantitative estimate of drug-likeness (QED) is 0.476. The first-order valence-corrected chi connectivity index (χ1v) is 11.2. The van der Waals surface area contributed by atoms with Gasteiger partial charge in [-0.15, -0.1) is 0 Å². The molecule has 4 atom stereocenters. The minimum absolute atomic E-state index is 0.188. The van der Waals surface area contributed by atoms with Crippen LogP contribution in [-0.4, -0.2) is 68.5 Å². The van der Waals surface area contributed by atoms with E-state index < -0.39 is 23.7 Å². The molecule has 9 nitrogen and oxygen atoms in total. The molecule has 2 aromatic carbocycles. The topological polar surface area (TPSA) is 108 Å². The number of ether oxygens (including phenoxy) is 5. The Morgan fingerprint density at radius 2 is 1.88 bits per heavy atom. The molecule has 34 heavy (non-hydrogen) atoms. The van der Waals surface area contributed by atoms with Crippen LogP contribution in [0, 0.1) is 0 Å². The van der Waals surface area contributed by atoms with Crippen LogP contribution in [0.2, 0.25) is 0 Å². The van der Waals surface area contributed by atoms with Crippen LogP contribution in [0.5, 0.6) is 11.5 Å². The molecule has 2 heterocycles. The third kappa shape index (κ3) is 5.03. The van der Waals surface area contributed by atoms with Gasteiger partial charge < -0.3 is 34.1 Å². The summed E-state index contributed by atoms with van der Waals surface area (Å²) in [4.78, 5) is 12.6. The normalized spacial score (nSPS) is 26.0. The summed E-state index contributed by atoms with van der Waals surface area (Å²) in [7, 11) is 3.10. The maximum Gasteiger partial charge on any atom is 0.251 e. The van der Waals surface area contributed by atoms with Crippen molar-refractivity contribution in [2.45, 2.75) is 43.7 Å². The molecule has 1 unspecified atom stereocenters. The zero-order chi connectivity index (χ0) is 24.3. The van der Waals surface area contributed by atoms with Crippen LogP contribution in [0.1, 0.15) is 36.0 Å². The van der Waals surface area contributed by atoms with Gasteiger partial charge in [0, 0.05) is 12.1 Å². The van der Waals surface area contributed by atoms with Gasteiger partial charge in [0.2, 0.25) is 0 Å². The summed E-state index contributed by atoms with van der Waals surface area (Å²) >= 11 is 0. The van der Waals surface area contributed by atoms with Crippen molar-refractivity contribution in [2.24, 2.45) is 0 Å². The van der Waals surface area contributed by atoms with Crippen LogP contribution in [0.25, 0.3) is 0 Å². The third-order valence-corrected chi connectivity index (χ3v) is 6.08. The summed E-state index contributed by atoms with van der Waals surface area (Å²) in [6.07, 6.45) is -1.76. The summed E-state index contributed by atoms with van der Waals surface area (Å²) in [5.41, 5.74) is 0.374. The monoisotopic (exact) mass is 472 g/mol. The van der Waals surface area contributed by atoms with E-state index in [9.17, 15) is 9.90 Å². The second-order valence-electron chi connectivity index (χ2n) is 8.93. The summed E-state index contributed by atoms with van der Waals surface area (Å²) < 4.78 is 29.0. The molecule has 0 spiro atoms. The van der Waals surface area contributed by atoms with Crippen LogP contribution in [0.15, 0.2) is 48.5 Å². The van der Waals surface area contributed by atoms with E-state index in [1.165, 1.54) is 0 Å². The highest BCUT2D eigenvalue weighted by Gasteiger charge is 2.60.